The molecule has 3 aliphatic rings. The van der Waals surface area contributed by atoms with E-state index in [4.69, 9.17) is 14.5 Å². The van der Waals surface area contributed by atoms with Gasteiger partial charge in [-0.2, -0.15) is 5.10 Å². The van der Waals surface area contributed by atoms with Crippen LogP contribution in [0.4, 0.5) is 5.82 Å². The van der Waals surface area contributed by atoms with Gasteiger partial charge in [0, 0.05) is 55.4 Å². The summed E-state index contributed by atoms with van der Waals surface area (Å²) in [4.78, 5) is 4.78. The fourth-order valence-corrected chi connectivity index (χ4v) is 5.18. The van der Waals surface area contributed by atoms with Crippen molar-refractivity contribution in [3.05, 3.63) is 40.8 Å². The molecule has 0 aromatic carbocycles. The molecule has 1 saturated heterocycles. The predicted molar refractivity (Wildman–Crippen MR) is 106 cm³/mol. The van der Waals surface area contributed by atoms with E-state index in [1.807, 2.05) is 28.4 Å². The summed E-state index contributed by atoms with van der Waals surface area (Å²) >= 11 is 4.65. The van der Waals surface area contributed by atoms with Crippen LogP contribution in [0.3, 0.4) is 0 Å². The monoisotopic (exact) mass is 386 g/mol. The fourth-order valence-electron chi connectivity index (χ4n) is 4.84. The molecule has 0 radical (unpaired) electrons. The molecule has 144 valence electrons. The molecule has 5 rings (SSSR count). The number of nitrogens with zero attached hydrogens (tertiary/aromatic N) is 4. The van der Waals surface area contributed by atoms with Crippen LogP contribution in [0.5, 0.6) is 0 Å². The molecule has 2 aromatic heterocycles. The Kier molecular flexibility index (Phi) is 4.22. The summed E-state index contributed by atoms with van der Waals surface area (Å²) in [6, 6.07) is 2.36. The zero-order valence-electron chi connectivity index (χ0n) is 15.9. The molecular formula is C20H26N4O2S. The number of anilines is 1. The second-order valence-corrected chi connectivity index (χ2v) is 8.49. The average Bonchev–Trinajstić information content (AvgIpc) is 3.36. The molecule has 1 unspecified atom stereocenters. The lowest BCUT2D eigenvalue weighted by Crippen LogP contribution is -2.34. The molecule has 2 fully saturated rings. The quantitative estimate of drug-likeness (QED) is 0.803. The summed E-state index contributed by atoms with van der Waals surface area (Å²) < 4.78 is 15.7. The van der Waals surface area contributed by atoms with Crippen molar-refractivity contribution in [1.29, 1.82) is 0 Å². The minimum atomic E-state index is -0.308. The lowest BCUT2D eigenvalue weighted by molar-refractivity contribution is -0.178. The van der Waals surface area contributed by atoms with E-state index in [-0.39, 0.29) is 11.7 Å². The Morgan fingerprint density at radius 1 is 1.15 bits per heavy atom. The van der Waals surface area contributed by atoms with Crippen molar-refractivity contribution in [3.8, 4) is 0 Å². The lowest BCUT2D eigenvalue weighted by Gasteiger charge is -2.35. The van der Waals surface area contributed by atoms with Crippen LogP contribution >= 0.6 is 12.8 Å². The molecule has 2 aromatic rings. The normalized spacial score (nSPS) is 24.7. The Labute approximate surface area is 165 Å². The summed E-state index contributed by atoms with van der Waals surface area (Å²) in [6.07, 6.45) is 8.14. The van der Waals surface area contributed by atoms with Crippen molar-refractivity contribution >= 4 is 18.6 Å². The van der Waals surface area contributed by atoms with Gasteiger partial charge in [0.25, 0.3) is 0 Å². The van der Waals surface area contributed by atoms with Crippen molar-refractivity contribution in [3.63, 3.8) is 0 Å². The van der Waals surface area contributed by atoms with E-state index in [1.165, 1.54) is 22.4 Å². The lowest BCUT2D eigenvalue weighted by atomic mass is 9.80. The Balaban J connectivity index is 1.42. The largest absolute Gasteiger partial charge is 0.348 e. The molecule has 0 amide bonds. The zero-order valence-corrected chi connectivity index (χ0v) is 16.8. The number of ether oxygens (including phenoxy) is 2. The summed E-state index contributed by atoms with van der Waals surface area (Å²) in [6.45, 7) is 4.42. The van der Waals surface area contributed by atoms with Gasteiger partial charge in [-0.05, 0) is 37.3 Å². The van der Waals surface area contributed by atoms with E-state index < -0.39 is 0 Å². The molecule has 1 spiro atoms. The second kappa shape index (κ2) is 6.50. The highest BCUT2D eigenvalue weighted by atomic mass is 32.1. The van der Waals surface area contributed by atoms with E-state index in [1.54, 1.807) is 0 Å². The first-order valence-corrected chi connectivity index (χ1v) is 10.2. The summed E-state index contributed by atoms with van der Waals surface area (Å²) in [5.41, 5.74) is 5.07. The van der Waals surface area contributed by atoms with Gasteiger partial charge in [0.15, 0.2) is 5.79 Å². The van der Waals surface area contributed by atoms with Crippen LogP contribution in [-0.2, 0) is 16.5 Å². The third kappa shape index (κ3) is 2.87. The van der Waals surface area contributed by atoms with Crippen LogP contribution in [0, 0.1) is 6.92 Å². The SMILES string of the molecule is Cc1c(C2CN(S)c3ncc(C4CCC5(CC4)OCCO5)cc32)cnn1C. The van der Waals surface area contributed by atoms with Crippen LogP contribution in [0.1, 0.15) is 59.9 Å². The van der Waals surface area contributed by atoms with Crippen LogP contribution in [0.25, 0.3) is 0 Å². The molecule has 1 saturated carbocycles. The topological polar surface area (TPSA) is 52.4 Å². The maximum atomic E-state index is 5.88. The molecule has 0 bridgehead atoms. The van der Waals surface area contributed by atoms with Gasteiger partial charge in [-0.15, -0.1) is 0 Å². The van der Waals surface area contributed by atoms with Gasteiger partial charge >= 0.3 is 0 Å². The van der Waals surface area contributed by atoms with E-state index in [0.29, 0.717) is 5.92 Å². The third-order valence-electron chi connectivity index (χ3n) is 6.57. The molecule has 27 heavy (non-hydrogen) atoms. The molecule has 1 aliphatic carbocycles. The first kappa shape index (κ1) is 17.5. The molecule has 4 heterocycles. The Morgan fingerprint density at radius 2 is 1.89 bits per heavy atom. The van der Waals surface area contributed by atoms with Crippen molar-refractivity contribution in [2.75, 3.05) is 24.1 Å². The van der Waals surface area contributed by atoms with Crippen molar-refractivity contribution < 1.29 is 9.47 Å². The number of thiol groups is 1. The van der Waals surface area contributed by atoms with Crippen molar-refractivity contribution in [1.82, 2.24) is 14.8 Å². The maximum Gasteiger partial charge on any atom is 0.168 e. The van der Waals surface area contributed by atoms with Gasteiger partial charge in [-0.3, -0.25) is 4.68 Å². The van der Waals surface area contributed by atoms with E-state index >= 15 is 0 Å². The first-order valence-electron chi connectivity index (χ1n) is 9.79. The van der Waals surface area contributed by atoms with Gasteiger partial charge in [0.1, 0.15) is 5.82 Å². The number of hydrogen-bond donors (Lipinski definition) is 1. The smallest absolute Gasteiger partial charge is 0.168 e. The van der Waals surface area contributed by atoms with Crippen molar-refractivity contribution in [2.45, 2.75) is 50.2 Å². The van der Waals surface area contributed by atoms with Gasteiger partial charge in [0.2, 0.25) is 0 Å². The molecular weight excluding hydrogens is 360 g/mol. The molecule has 1 atom stereocenters. The van der Waals surface area contributed by atoms with Crippen molar-refractivity contribution in [2.24, 2.45) is 7.05 Å². The number of pyridine rings is 1. The Morgan fingerprint density at radius 3 is 2.56 bits per heavy atom. The Bertz CT molecular complexity index is 852. The molecule has 6 nitrogen and oxygen atoms in total. The second-order valence-electron chi connectivity index (χ2n) is 8.01. The van der Waals surface area contributed by atoms with Crippen LogP contribution in [0.15, 0.2) is 18.5 Å². The third-order valence-corrected chi connectivity index (χ3v) is 6.93. The summed E-state index contributed by atoms with van der Waals surface area (Å²) in [5.74, 6) is 1.46. The standard InChI is InChI=1S/C20H26N4O2S/c1-13-17(11-22-23(13)2)18-12-24(27)19-16(18)9-15(10-21-19)14-3-5-20(6-4-14)25-7-8-26-20/h9-11,14,18,27H,3-8,12H2,1-2H3. The highest BCUT2D eigenvalue weighted by molar-refractivity contribution is 7.81. The fraction of sp³-hybridized carbons (Fsp3) is 0.600. The minimum absolute atomic E-state index is 0.273. The van der Waals surface area contributed by atoms with E-state index in [9.17, 15) is 0 Å². The molecule has 2 aliphatic heterocycles. The summed E-state index contributed by atoms with van der Waals surface area (Å²) in [5, 5.41) is 4.44. The van der Waals surface area contributed by atoms with E-state index in [0.717, 1.165) is 51.3 Å². The minimum Gasteiger partial charge on any atom is -0.348 e. The molecule has 7 heteroatoms. The van der Waals surface area contributed by atoms with Gasteiger partial charge < -0.3 is 13.8 Å². The summed E-state index contributed by atoms with van der Waals surface area (Å²) in [7, 11) is 1.99. The number of hydrogen-bond acceptors (Lipinski definition) is 6. The first-order chi connectivity index (χ1) is 13.1. The zero-order chi connectivity index (χ0) is 18.6. The average molecular weight is 387 g/mol. The van der Waals surface area contributed by atoms with Gasteiger partial charge in [-0.1, -0.05) is 12.8 Å². The number of fused-ring (bicyclic) bond motifs is 1. The number of aryl methyl sites for hydroxylation is 1. The number of aromatic nitrogens is 3. The van der Waals surface area contributed by atoms with Gasteiger partial charge in [0.05, 0.1) is 19.4 Å². The van der Waals surface area contributed by atoms with Gasteiger partial charge in [-0.25, -0.2) is 4.98 Å². The highest BCUT2D eigenvalue weighted by Crippen LogP contribution is 2.45. The van der Waals surface area contributed by atoms with Crippen LogP contribution in [0.2, 0.25) is 0 Å². The molecule has 0 N–H and O–H groups in total. The van der Waals surface area contributed by atoms with E-state index in [2.05, 4.69) is 30.9 Å². The number of rotatable bonds is 2. The maximum absolute atomic E-state index is 5.88. The Hall–Kier alpha value is -1.57. The van der Waals surface area contributed by atoms with Crippen LogP contribution in [-0.4, -0.2) is 40.3 Å². The highest BCUT2D eigenvalue weighted by Gasteiger charge is 2.41. The van der Waals surface area contributed by atoms with Crippen LogP contribution < -0.4 is 4.31 Å². The predicted octanol–water partition coefficient (Wildman–Crippen LogP) is 3.32.